The summed E-state index contributed by atoms with van der Waals surface area (Å²) in [6.45, 7) is 0. The molecule has 0 atom stereocenters. The molecule has 0 saturated heterocycles. The second kappa shape index (κ2) is 4.47. The maximum Gasteiger partial charge on any atom is 0.290 e. The molecule has 0 radical (unpaired) electrons. The zero-order chi connectivity index (χ0) is 10.6. The standard InChI is InChI=1S/C7H10N2O4S/c1-12-9(13-2)14(10,11)7-4-3-5-8-6-7/h3-6H,1-2H3. The van der Waals surface area contributed by atoms with Crippen LogP contribution in [0.4, 0.5) is 0 Å². The molecule has 1 heterocycles. The second-order valence-electron chi connectivity index (χ2n) is 2.25. The maximum atomic E-state index is 11.6. The molecule has 1 rings (SSSR count). The first kappa shape index (κ1) is 11.1. The van der Waals surface area contributed by atoms with E-state index in [2.05, 4.69) is 14.7 Å². The van der Waals surface area contributed by atoms with Crippen LogP contribution in [0.25, 0.3) is 0 Å². The molecule has 6 nitrogen and oxygen atoms in total. The third-order valence-electron chi connectivity index (χ3n) is 1.43. The van der Waals surface area contributed by atoms with Gasteiger partial charge in [0.15, 0.2) is 0 Å². The molecule has 1 aromatic heterocycles. The number of hydrogen-bond acceptors (Lipinski definition) is 5. The fourth-order valence-electron chi connectivity index (χ4n) is 0.857. The lowest BCUT2D eigenvalue weighted by Crippen LogP contribution is -2.29. The minimum Gasteiger partial charge on any atom is -0.264 e. The summed E-state index contributed by atoms with van der Waals surface area (Å²) >= 11 is 0. The van der Waals surface area contributed by atoms with Gasteiger partial charge in [-0.15, -0.1) is 0 Å². The predicted octanol–water partition coefficient (Wildman–Crippen LogP) is 0.195. The van der Waals surface area contributed by atoms with Crippen LogP contribution in [0.2, 0.25) is 0 Å². The lowest BCUT2D eigenvalue weighted by molar-refractivity contribution is -0.270. The second-order valence-corrected chi connectivity index (χ2v) is 3.97. The van der Waals surface area contributed by atoms with Crippen molar-refractivity contribution in [2.75, 3.05) is 14.2 Å². The highest BCUT2D eigenvalue weighted by Crippen LogP contribution is 2.13. The lowest BCUT2D eigenvalue weighted by atomic mass is 10.5. The van der Waals surface area contributed by atoms with Gasteiger partial charge in [0.2, 0.25) is 0 Å². The number of rotatable bonds is 4. The third kappa shape index (κ3) is 2.07. The summed E-state index contributed by atoms with van der Waals surface area (Å²) in [6.07, 6.45) is 2.68. The van der Waals surface area contributed by atoms with Gasteiger partial charge in [0.05, 0.1) is 18.9 Å². The molecule has 7 heteroatoms. The Morgan fingerprint density at radius 2 is 2.00 bits per heavy atom. The van der Waals surface area contributed by atoms with Crippen molar-refractivity contribution in [1.82, 2.24) is 9.62 Å². The van der Waals surface area contributed by atoms with E-state index in [4.69, 9.17) is 0 Å². The van der Waals surface area contributed by atoms with Crippen LogP contribution in [-0.2, 0) is 19.7 Å². The van der Waals surface area contributed by atoms with Gasteiger partial charge in [-0.25, -0.2) is 8.42 Å². The Kier molecular flexibility index (Phi) is 3.53. The summed E-state index contributed by atoms with van der Waals surface area (Å²) in [5, 5.41) is 0. The molecule has 0 amide bonds. The van der Waals surface area contributed by atoms with Gasteiger partial charge >= 0.3 is 0 Å². The normalized spacial score (nSPS) is 11.9. The van der Waals surface area contributed by atoms with Gasteiger partial charge in [-0.1, -0.05) is 0 Å². The fourth-order valence-corrected chi connectivity index (χ4v) is 1.87. The highest BCUT2D eigenvalue weighted by Gasteiger charge is 2.24. The molecule has 0 aliphatic heterocycles. The van der Waals surface area contributed by atoms with Gasteiger partial charge in [-0.05, 0) is 12.1 Å². The number of pyridine rings is 1. The average Bonchev–Trinajstić information content (AvgIpc) is 2.20. The van der Waals surface area contributed by atoms with E-state index in [0.29, 0.717) is 4.63 Å². The van der Waals surface area contributed by atoms with Crippen molar-refractivity contribution in [2.45, 2.75) is 4.90 Å². The average molecular weight is 218 g/mol. The van der Waals surface area contributed by atoms with E-state index in [1.54, 1.807) is 0 Å². The van der Waals surface area contributed by atoms with Crippen molar-refractivity contribution in [3.05, 3.63) is 24.5 Å². The Balaban J connectivity index is 3.08. The summed E-state index contributed by atoms with van der Waals surface area (Å²) in [5.41, 5.74) is 0. The Bertz CT molecular complexity index is 374. The summed E-state index contributed by atoms with van der Waals surface area (Å²) in [7, 11) is -1.39. The van der Waals surface area contributed by atoms with Crippen LogP contribution >= 0.6 is 0 Å². The summed E-state index contributed by atoms with van der Waals surface area (Å²) in [5.74, 6) is 0. The van der Waals surface area contributed by atoms with Gasteiger partial charge in [0.1, 0.15) is 4.90 Å². The Hall–Kier alpha value is -1.02. The van der Waals surface area contributed by atoms with E-state index < -0.39 is 10.0 Å². The van der Waals surface area contributed by atoms with E-state index in [0.717, 1.165) is 0 Å². The minimum atomic E-state index is -3.77. The van der Waals surface area contributed by atoms with Crippen molar-refractivity contribution in [2.24, 2.45) is 0 Å². The summed E-state index contributed by atoms with van der Waals surface area (Å²) in [6, 6.07) is 2.91. The first-order valence-corrected chi connectivity index (χ1v) is 5.10. The van der Waals surface area contributed by atoms with Crippen LogP contribution < -0.4 is 0 Å². The van der Waals surface area contributed by atoms with Crippen molar-refractivity contribution in [3.63, 3.8) is 0 Å². The van der Waals surface area contributed by atoms with Crippen LogP contribution in [0.3, 0.4) is 0 Å². The van der Waals surface area contributed by atoms with Gasteiger partial charge in [0.25, 0.3) is 10.0 Å². The first-order chi connectivity index (χ1) is 6.62. The molecule has 0 saturated carbocycles. The Labute approximate surface area is 82.0 Å². The minimum absolute atomic E-state index is 0.00343. The van der Waals surface area contributed by atoms with Crippen LogP contribution in [0.15, 0.2) is 29.4 Å². The van der Waals surface area contributed by atoms with Crippen molar-refractivity contribution in [1.29, 1.82) is 0 Å². The van der Waals surface area contributed by atoms with Crippen LogP contribution in [0, 0.1) is 0 Å². The molecule has 78 valence electrons. The lowest BCUT2D eigenvalue weighted by Gasteiger charge is -2.15. The van der Waals surface area contributed by atoms with Gasteiger partial charge in [0, 0.05) is 12.4 Å². The van der Waals surface area contributed by atoms with E-state index >= 15 is 0 Å². The Morgan fingerprint density at radius 3 is 2.43 bits per heavy atom. The summed E-state index contributed by atoms with van der Waals surface area (Å²) < 4.78 is 23.7. The van der Waals surface area contributed by atoms with Crippen molar-refractivity contribution < 1.29 is 18.1 Å². The van der Waals surface area contributed by atoms with E-state index in [9.17, 15) is 8.42 Å². The molecular formula is C7H10N2O4S. The molecular weight excluding hydrogens is 208 g/mol. The van der Waals surface area contributed by atoms with Crippen LogP contribution in [0.5, 0.6) is 0 Å². The molecule has 1 aromatic rings. The Morgan fingerprint density at radius 1 is 1.36 bits per heavy atom. The quantitative estimate of drug-likeness (QED) is 0.675. The molecule has 0 bridgehead atoms. The number of hydrogen-bond donors (Lipinski definition) is 0. The molecule has 0 fully saturated rings. The fraction of sp³-hybridized carbons (Fsp3) is 0.286. The summed E-state index contributed by atoms with van der Waals surface area (Å²) in [4.78, 5) is 12.7. The van der Waals surface area contributed by atoms with Crippen LogP contribution in [-0.4, -0.2) is 32.3 Å². The maximum absolute atomic E-state index is 11.6. The molecule has 0 unspecified atom stereocenters. The third-order valence-corrected chi connectivity index (χ3v) is 2.95. The zero-order valence-electron chi connectivity index (χ0n) is 7.75. The van der Waals surface area contributed by atoms with Gasteiger partial charge < -0.3 is 0 Å². The first-order valence-electron chi connectivity index (χ1n) is 3.66. The van der Waals surface area contributed by atoms with E-state index in [1.807, 2.05) is 0 Å². The van der Waals surface area contributed by atoms with E-state index in [1.165, 1.54) is 38.7 Å². The van der Waals surface area contributed by atoms with E-state index in [-0.39, 0.29) is 4.90 Å². The molecule has 0 aliphatic carbocycles. The highest BCUT2D eigenvalue weighted by atomic mass is 32.2. The smallest absolute Gasteiger partial charge is 0.264 e. The van der Waals surface area contributed by atoms with Gasteiger partial charge in [-0.3, -0.25) is 14.7 Å². The SMILES string of the molecule is CON(OC)S(=O)(=O)c1cccnc1. The topological polar surface area (TPSA) is 68.7 Å². The largest absolute Gasteiger partial charge is 0.290 e. The monoisotopic (exact) mass is 218 g/mol. The molecule has 14 heavy (non-hydrogen) atoms. The molecule has 0 N–H and O–H groups in total. The molecule has 0 spiro atoms. The highest BCUT2D eigenvalue weighted by molar-refractivity contribution is 7.88. The van der Waals surface area contributed by atoms with Crippen LogP contribution in [0.1, 0.15) is 0 Å². The van der Waals surface area contributed by atoms with Crippen molar-refractivity contribution >= 4 is 10.0 Å². The number of nitrogens with zero attached hydrogens (tertiary/aromatic N) is 2. The molecule has 0 aliphatic rings. The zero-order valence-corrected chi connectivity index (χ0v) is 8.56. The van der Waals surface area contributed by atoms with Gasteiger partial charge in [-0.2, -0.15) is 0 Å². The number of sulfonamides is 1. The number of aromatic nitrogens is 1. The van der Waals surface area contributed by atoms with Crippen molar-refractivity contribution in [3.8, 4) is 0 Å². The predicted molar refractivity (Wildman–Crippen MR) is 47.3 cm³/mol. The molecule has 0 aromatic carbocycles.